The molecule has 1 N–H and O–H groups in total. The van der Waals surface area contributed by atoms with Gasteiger partial charge in [0.2, 0.25) is 0 Å². The van der Waals surface area contributed by atoms with Crippen LogP contribution in [-0.4, -0.2) is 35.7 Å². The predicted molar refractivity (Wildman–Crippen MR) is 74.3 cm³/mol. The fourth-order valence-corrected chi connectivity index (χ4v) is 2.45. The van der Waals surface area contributed by atoms with Gasteiger partial charge < -0.3 is 14.7 Å². The van der Waals surface area contributed by atoms with E-state index in [2.05, 4.69) is 4.74 Å². The zero-order valence-corrected chi connectivity index (χ0v) is 11.5. The molecule has 20 heavy (non-hydrogen) atoms. The summed E-state index contributed by atoms with van der Waals surface area (Å²) in [6, 6.07) is 5.64. The number of amides is 1. The molecule has 0 fully saturated rings. The molecule has 1 aromatic carbocycles. The molecule has 0 bridgehead atoms. The van der Waals surface area contributed by atoms with Gasteiger partial charge in [0, 0.05) is 12.6 Å². The average Bonchev–Trinajstić information content (AvgIpc) is 2.44. The molecule has 5 heteroatoms. The third-order valence-corrected chi connectivity index (χ3v) is 3.57. The van der Waals surface area contributed by atoms with E-state index in [0.29, 0.717) is 13.0 Å². The number of carbonyl (C=O) groups is 2. The smallest absolute Gasteiger partial charge is 0.407 e. The van der Waals surface area contributed by atoms with Crippen LogP contribution >= 0.6 is 0 Å². The average molecular weight is 275 g/mol. The van der Waals surface area contributed by atoms with Crippen LogP contribution < -0.4 is 0 Å². The Balaban J connectivity index is 2.24. The zero-order chi connectivity index (χ0) is 14.7. The molecule has 5 nitrogen and oxygen atoms in total. The van der Waals surface area contributed by atoms with Crippen LogP contribution in [0.1, 0.15) is 29.7 Å². The van der Waals surface area contributed by atoms with E-state index in [-0.39, 0.29) is 6.04 Å². The first kappa shape index (κ1) is 14.1. The van der Waals surface area contributed by atoms with E-state index in [9.17, 15) is 9.59 Å². The number of nitrogens with zero attached hydrogens (tertiary/aromatic N) is 1. The Hall–Kier alpha value is -2.30. The Labute approximate surface area is 117 Å². The van der Waals surface area contributed by atoms with E-state index in [4.69, 9.17) is 5.11 Å². The quantitative estimate of drug-likeness (QED) is 0.665. The van der Waals surface area contributed by atoms with Gasteiger partial charge in [-0.15, -0.1) is 0 Å². The van der Waals surface area contributed by atoms with Crippen molar-refractivity contribution in [1.82, 2.24) is 4.90 Å². The van der Waals surface area contributed by atoms with Crippen molar-refractivity contribution in [2.24, 2.45) is 0 Å². The Kier molecular flexibility index (Phi) is 4.08. The Morgan fingerprint density at radius 3 is 2.85 bits per heavy atom. The van der Waals surface area contributed by atoms with Crippen molar-refractivity contribution in [2.45, 2.75) is 19.4 Å². The lowest BCUT2D eigenvalue weighted by Crippen LogP contribution is -2.37. The monoisotopic (exact) mass is 275 g/mol. The largest absolute Gasteiger partial charge is 0.466 e. The molecule has 1 unspecified atom stereocenters. The van der Waals surface area contributed by atoms with E-state index < -0.39 is 12.1 Å². The highest BCUT2D eigenvalue weighted by Crippen LogP contribution is 2.30. The van der Waals surface area contributed by atoms with Crippen molar-refractivity contribution >= 4 is 18.1 Å². The maximum Gasteiger partial charge on any atom is 0.407 e. The second-order valence-electron chi connectivity index (χ2n) is 4.72. The summed E-state index contributed by atoms with van der Waals surface area (Å²) in [7, 11) is 1.34. The van der Waals surface area contributed by atoms with Crippen LogP contribution in [0.3, 0.4) is 0 Å². The molecule has 1 heterocycles. The molecule has 0 saturated heterocycles. The van der Waals surface area contributed by atoms with Crippen molar-refractivity contribution in [3.05, 3.63) is 41.0 Å². The normalized spacial score (nSPS) is 17.9. The summed E-state index contributed by atoms with van der Waals surface area (Å²) in [6.07, 6.45) is 2.86. The first-order valence-electron chi connectivity index (χ1n) is 6.41. The summed E-state index contributed by atoms with van der Waals surface area (Å²) in [5.74, 6) is -0.395. The van der Waals surface area contributed by atoms with Gasteiger partial charge in [-0.1, -0.05) is 18.2 Å². The van der Waals surface area contributed by atoms with Gasteiger partial charge in [-0.2, -0.15) is 0 Å². The highest BCUT2D eigenvalue weighted by Gasteiger charge is 2.26. The third-order valence-electron chi connectivity index (χ3n) is 3.57. The number of benzene rings is 1. The highest BCUT2D eigenvalue weighted by molar-refractivity contribution is 5.87. The lowest BCUT2D eigenvalue weighted by Gasteiger charge is -2.33. The number of carbonyl (C=O) groups excluding carboxylic acids is 1. The molecule has 1 aliphatic heterocycles. The lowest BCUT2D eigenvalue weighted by molar-refractivity contribution is -0.134. The molecular weight excluding hydrogens is 258 g/mol. The second-order valence-corrected chi connectivity index (χ2v) is 4.72. The number of fused-ring (bicyclic) bond motifs is 1. The summed E-state index contributed by atoms with van der Waals surface area (Å²) >= 11 is 0. The van der Waals surface area contributed by atoms with Crippen LogP contribution in [0.4, 0.5) is 4.79 Å². The van der Waals surface area contributed by atoms with E-state index in [1.165, 1.54) is 18.1 Å². The van der Waals surface area contributed by atoms with Crippen LogP contribution in [0.25, 0.3) is 6.08 Å². The molecule has 0 aliphatic carbocycles. The fourth-order valence-electron chi connectivity index (χ4n) is 2.45. The molecular formula is C15H17NO4. The Morgan fingerprint density at radius 1 is 1.45 bits per heavy atom. The van der Waals surface area contributed by atoms with Gasteiger partial charge in [-0.3, -0.25) is 0 Å². The number of ether oxygens (including phenoxy) is 1. The molecule has 0 saturated carbocycles. The van der Waals surface area contributed by atoms with Crippen molar-refractivity contribution in [3.8, 4) is 0 Å². The summed E-state index contributed by atoms with van der Waals surface area (Å²) in [6.45, 7) is 2.38. The second kappa shape index (κ2) is 5.77. The van der Waals surface area contributed by atoms with Gasteiger partial charge in [0.1, 0.15) is 0 Å². The number of carboxylic acid groups (broad SMARTS) is 1. The van der Waals surface area contributed by atoms with Crippen LogP contribution in [0.15, 0.2) is 24.3 Å². The number of esters is 1. The van der Waals surface area contributed by atoms with E-state index in [1.807, 2.05) is 25.1 Å². The highest BCUT2D eigenvalue weighted by atomic mass is 16.5. The molecule has 0 radical (unpaired) electrons. The van der Waals surface area contributed by atoms with Crippen molar-refractivity contribution < 1.29 is 19.4 Å². The first-order chi connectivity index (χ1) is 9.52. The van der Waals surface area contributed by atoms with Gasteiger partial charge in [0.15, 0.2) is 0 Å². The molecule has 0 aromatic heterocycles. The van der Waals surface area contributed by atoms with Crippen LogP contribution in [0, 0.1) is 0 Å². The maximum atomic E-state index is 11.1. The summed E-state index contributed by atoms with van der Waals surface area (Å²) in [5, 5.41) is 9.12. The Bertz CT molecular complexity index is 565. The molecule has 1 atom stereocenters. The van der Waals surface area contributed by atoms with Crippen molar-refractivity contribution in [1.29, 1.82) is 0 Å². The fraction of sp³-hybridized carbons (Fsp3) is 0.333. The molecule has 1 amide bonds. The lowest BCUT2D eigenvalue weighted by atomic mass is 9.92. The topological polar surface area (TPSA) is 66.8 Å². The van der Waals surface area contributed by atoms with E-state index in [1.54, 1.807) is 6.08 Å². The Morgan fingerprint density at radius 2 is 2.20 bits per heavy atom. The van der Waals surface area contributed by atoms with Gasteiger partial charge in [-0.25, -0.2) is 9.59 Å². The third kappa shape index (κ3) is 2.82. The van der Waals surface area contributed by atoms with Crippen molar-refractivity contribution in [3.63, 3.8) is 0 Å². The predicted octanol–water partition coefficient (Wildman–Crippen LogP) is 2.47. The first-order valence-corrected chi connectivity index (χ1v) is 6.41. The van der Waals surface area contributed by atoms with Gasteiger partial charge >= 0.3 is 12.1 Å². The molecule has 2 rings (SSSR count). The summed E-state index contributed by atoms with van der Waals surface area (Å²) in [5.41, 5.74) is 3.06. The molecule has 106 valence electrons. The number of hydrogen-bond acceptors (Lipinski definition) is 3. The van der Waals surface area contributed by atoms with Crippen LogP contribution in [0.5, 0.6) is 0 Å². The molecule has 1 aliphatic rings. The SMILES string of the molecule is COC(=O)C=Cc1ccc2c(c1)CCN(C(=O)O)C2C. The van der Waals surface area contributed by atoms with Gasteiger partial charge in [0.05, 0.1) is 13.2 Å². The minimum Gasteiger partial charge on any atom is -0.466 e. The van der Waals surface area contributed by atoms with E-state index in [0.717, 1.165) is 16.7 Å². The van der Waals surface area contributed by atoms with Gasteiger partial charge in [0.25, 0.3) is 0 Å². The summed E-state index contributed by atoms with van der Waals surface area (Å²) < 4.78 is 4.54. The van der Waals surface area contributed by atoms with Crippen LogP contribution in [-0.2, 0) is 16.0 Å². The standard InChI is InChI=1S/C15H17NO4/c1-10-13-5-3-11(4-6-14(17)20-2)9-12(13)7-8-16(10)15(18)19/h3-6,9-10H,7-8H2,1-2H3,(H,18,19). The van der Waals surface area contributed by atoms with Crippen molar-refractivity contribution in [2.75, 3.05) is 13.7 Å². The van der Waals surface area contributed by atoms with Gasteiger partial charge in [-0.05, 0) is 36.1 Å². The molecule has 0 spiro atoms. The maximum absolute atomic E-state index is 11.1. The number of hydrogen-bond donors (Lipinski definition) is 1. The number of methoxy groups -OCH3 is 1. The minimum absolute atomic E-state index is 0.144. The number of rotatable bonds is 2. The summed E-state index contributed by atoms with van der Waals surface area (Å²) in [4.78, 5) is 23.6. The zero-order valence-electron chi connectivity index (χ0n) is 11.5. The minimum atomic E-state index is -0.891. The van der Waals surface area contributed by atoms with E-state index >= 15 is 0 Å². The molecule has 1 aromatic rings. The van der Waals surface area contributed by atoms with Crippen LogP contribution in [0.2, 0.25) is 0 Å².